The molecule has 3 aromatic rings. The summed E-state index contributed by atoms with van der Waals surface area (Å²) in [6.07, 6.45) is 4.57. The number of piperazine rings is 1. The van der Waals surface area contributed by atoms with Crippen LogP contribution in [0.1, 0.15) is 17.3 Å². The maximum absolute atomic E-state index is 12.5. The number of rotatable bonds is 4. The van der Waals surface area contributed by atoms with Crippen molar-refractivity contribution in [1.29, 1.82) is 0 Å². The zero-order valence-corrected chi connectivity index (χ0v) is 14.7. The standard InChI is InChI=1S/C15H18N8OS/c1-11-18-19-15-23(11)20-12(25-15)3-4-13(24)21-7-9-22(10-8-21)14-16-5-2-6-17-14/h2,5-6H,3-4,7-10H2,1H3. The van der Waals surface area contributed by atoms with Crippen LogP contribution in [0.3, 0.4) is 0 Å². The molecule has 0 aliphatic carbocycles. The van der Waals surface area contributed by atoms with Gasteiger partial charge in [0.15, 0.2) is 5.82 Å². The van der Waals surface area contributed by atoms with Crippen LogP contribution in [0.15, 0.2) is 18.5 Å². The molecule has 4 rings (SSSR count). The zero-order chi connectivity index (χ0) is 17.2. The molecule has 10 heteroatoms. The topological polar surface area (TPSA) is 92.4 Å². The Hall–Kier alpha value is -2.62. The highest BCUT2D eigenvalue weighted by atomic mass is 32.1. The van der Waals surface area contributed by atoms with Gasteiger partial charge < -0.3 is 9.80 Å². The number of aryl methyl sites for hydroxylation is 2. The van der Waals surface area contributed by atoms with Gasteiger partial charge in [0.25, 0.3) is 0 Å². The molecule has 0 atom stereocenters. The predicted octanol–water partition coefficient (Wildman–Crippen LogP) is 0.566. The van der Waals surface area contributed by atoms with Crippen molar-refractivity contribution in [3.05, 3.63) is 29.3 Å². The maximum atomic E-state index is 12.5. The van der Waals surface area contributed by atoms with Crippen LogP contribution in [0.2, 0.25) is 0 Å². The number of fused-ring (bicyclic) bond motifs is 1. The first-order chi connectivity index (χ1) is 12.2. The Morgan fingerprint density at radius 3 is 2.64 bits per heavy atom. The van der Waals surface area contributed by atoms with E-state index in [0.717, 1.165) is 34.8 Å². The first-order valence-electron chi connectivity index (χ1n) is 8.18. The minimum Gasteiger partial charge on any atom is -0.339 e. The van der Waals surface area contributed by atoms with E-state index in [9.17, 15) is 4.79 Å². The number of carbonyl (C=O) groups excluding carboxylic acids is 1. The SMILES string of the molecule is Cc1nnc2sc(CCC(=O)N3CCN(c4ncccn4)CC3)nn12. The third-order valence-corrected chi connectivity index (χ3v) is 5.17. The van der Waals surface area contributed by atoms with Crippen molar-refractivity contribution in [3.63, 3.8) is 0 Å². The van der Waals surface area contributed by atoms with Gasteiger partial charge >= 0.3 is 0 Å². The van der Waals surface area contributed by atoms with E-state index < -0.39 is 0 Å². The summed E-state index contributed by atoms with van der Waals surface area (Å²) in [7, 11) is 0. The van der Waals surface area contributed by atoms with Crippen molar-refractivity contribution in [3.8, 4) is 0 Å². The second-order valence-corrected chi connectivity index (χ2v) is 6.89. The summed E-state index contributed by atoms with van der Waals surface area (Å²) >= 11 is 1.49. The van der Waals surface area contributed by atoms with E-state index in [1.807, 2.05) is 11.8 Å². The van der Waals surface area contributed by atoms with Gasteiger partial charge in [-0.2, -0.15) is 9.61 Å². The number of amides is 1. The van der Waals surface area contributed by atoms with Crippen LogP contribution in [-0.4, -0.2) is 66.8 Å². The Balaban J connectivity index is 1.30. The molecule has 0 aromatic carbocycles. The summed E-state index contributed by atoms with van der Waals surface area (Å²) in [4.78, 5) is 25.8. The van der Waals surface area contributed by atoms with E-state index in [1.54, 1.807) is 23.0 Å². The molecule has 25 heavy (non-hydrogen) atoms. The molecule has 1 amide bonds. The summed E-state index contributed by atoms with van der Waals surface area (Å²) in [6, 6.07) is 1.80. The van der Waals surface area contributed by atoms with Gasteiger partial charge in [0.1, 0.15) is 5.01 Å². The van der Waals surface area contributed by atoms with E-state index in [4.69, 9.17) is 0 Å². The van der Waals surface area contributed by atoms with Crippen LogP contribution in [0.4, 0.5) is 5.95 Å². The molecule has 1 aliphatic heterocycles. The minimum absolute atomic E-state index is 0.163. The summed E-state index contributed by atoms with van der Waals surface area (Å²) in [5.74, 6) is 1.66. The van der Waals surface area contributed by atoms with Gasteiger partial charge in [0.05, 0.1) is 0 Å². The minimum atomic E-state index is 0.163. The Kier molecular flexibility index (Phi) is 4.26. The lowest BCUT2D eigenvalue weighted by Crippen LogP contribution is -2.49. The third kappa shape index (κ3) is 3.29. The Labute approximate surface area is 148 Å². The van der Waals surface area contributed by atoms with E-state index in [-0.39, 0.29) is 5.91 Å². The molecular weight excluding hydrogens is 340 g/mol. The lowest BCUT2D eigenvalue weighted by molar-refractivity contribution is -0.131. The highest BCUT2D eigenvalue weighted by Crippen LogP contribution is 2.16. The van der Waals surface area contributed by atoms with Crippen LogP contribution >= 0.6 is 11.3 Å². The predicted molar refractivity (Wildman–Crippen MR) is 92.5 cm³/mol. The molecule has 4 heterocycles. The molecule has 130 valence electrons. The van der Waals surface area contributed by atoms with E-state index in [1.165, 1.54) is 11.3 Å². The molecule has 0 radical (unpaired) electrons. The highest BCUT2D eigenvalue weighted by molar-refractivity contribution is 7.16. The van der Waals surface area contributed by atoms with E-state index in [2.05, 4.69) is 30.2 Å². The first kappa shape index (κ1) is 15.9. The second kappa shape index (κ2) is 6.71. The molecule has 0 spiro atoms. The van der Waals surface area contributed by atoms with Crippen LogP contribution < -0.4 is 4.90 Å². The molecule has 1 saturated heterocycles. The number of hydrogen-bond acceptors (Lipinski definition) is 8. The van der Waals surface area contributed by atoms with Gasteiger partial charge in [-0.1, -0.05) is 11.3 Å². The number of nitrogens with zero attached hydrogens (tertiary/aromatic N) is 8. The number of hydrogen-bond donors (Lipinski definition) is 0. The van der Waals surface area contributed by atoms with Crippen molar-refractivity contribution in [2.75, 3.05) is 31.1 Å². The molecule has 0 saturated carbocycles. The molecule has 9 nitrogen and oxygen atoms in total. The van der Waals surface area contributed by atoms with Crippen molar-refractivity contribution in [1.82, 2.24) is 34.7 Å². The average molecular weight is 358 g/mol. The van der Waals surface area contributed by atoms with Gasteiger partial charge in [-0.15, -0.1) is 10.2 Å². The van der Waals surface area contributed by atoms with Crippen LogP contribution in [-0.2, 0) is 11.2 Å². The number of aromatic nitrogens is 6. The number of anilines is 1. The normalized spacial score (nSPS) is 15.1. The lowest BCUT2D eigenvalue weighted by Gasteiger charge is -2.34. The van der Waals surface area contributed by atoms with Gasteiger partial charge in [0, 0.05) is 51.4 Å². The van der Waals surface area contributed by atoms with Gasteiger partial charge in [0.2, 0.25) is 16.8 Å². The summed E-state index contributed by atoms with van der Waals surface area (Å²) in [6.45, 7) is 4.77. The van der Waals surface area contributed by atoms with Gasteiger partial charge in [-0.05, 0) is 13.0 Å². The Morgan fingerprint density at radius 2 is 1.92 bits per heavy atom. The monoisotopic (exact) mass is 358 g/mol. The summed E-state index contributed by atoms with van der Waals surface area (Å²) in [5, 5.41) is 13.4. The van der Waals surface area contributed by atoms with Crippen LogP contribution in [0, 0.1) is 6.92 Å². The van der Waals surface area contributed by atoms with E-state index >= 15 is 0 Å². The largest absolute Gasteiger partial charge is 0.339 e. The molecule has 0 N–H and O–H groups in total. The molecule has 3 aromatic heterocycles. The first-order valence-corrected chi connectivity index (χ1v) is 9.00. The van der Waals surface area contributed by atoms with Crippen molar-refractivity contribution < 1.29 is 4.79 Å². The molecule has 0 unspecified atom stereocenters. The average Bonchev–Trinajstić information content (AvgIpc) is 3.22. The molecular formula is C15H18N8OS. The lowest BCUT2D eigenvalue weighted by atomic mass is 10.2. The Morgan fingerprint density at radius 1 is 1.16 bits per heavy atom. The van der Waals surface area contributed by atoms with Crippen LogP contribution in [0.25, 0.3) is 4.96 Å². The highest BCUT2D eigenvalue weighted by Gasteiger charge is 2.22. The zero-order valence-electron chi connectivity index (χ0n) is 13.9. The van der Waals surface area contributed by atoms with Crippen molar-refractivity contribution in [2.24, 2.45) is 0 Å². The quantitative estimate of drug-likeness (QED) is 0.673. The Bertz CT molecular complexity index is 868. The molecule has 1 aliphatic rings. The fraction of sp³-hybridized carbons (Fsp3) is 0.467. The molecule has 0 bridgehead atoms. The smallest absolute Gasteiger partial charge is 0.234 e. The summed E-state index contributed by atoms with van der Waals surface area (Å²) < 4.78 is 1.73. The third-order valence-electron chi connectivity index (χ3n) is 4.21. The van der Waals surface area contributed by atoms with Crippen LogP contribution in [0.5, 0.6) is 0 Å². The van der Waals surface area contributed by atoms with Gasteiger partial charge in [-0.3, -0.25) is 4.79 Å². The fourth-order valence-corrected chi connectivity index (χ4v) is 3.72. The summed E-state index contributed by atoms with van der Waals surface area (Å²) in [5.41, 5.74) is 0. The van der Waals surface area contributed by atoms with Crippen molar-refractivity contribution >= 4 is 28.2 Å². The molecule has 1 fully saturated rings. The second-order valence-electron chi connectivity index (χ2n) is 5.85. The maximum Gasteiger partial charge on any atom is 0.234 e. The van der Waals surface area contributed by atoms with E-state index in [0.29, 0.717) is 25.9 Å². The fourth-order valence-electron chi connectivity index (χ4n) is 2.84. The van der Waals surface area contributed by atoms with Gasteiger partial charge in [-0.25, -0.2) is 9.97 Å². The van der Waals surface area contributed by atoms with Crippen molar-refractivity contribution in [2.45, 2.75) is 19.8 Å². The number of carbonyl (C=O) groups is 1.